The van der Waals surface area contributed by atoms with Crippen molar-refractivity contribution in [1.82, 2.24) is 21.3 Å². The number of amides is 3. The van der Waals surface area contributed by atoms with E-state index in [1.165, 1.54) is 0 Å². The predicted octanol–water partition coefficient (Wildman–Crippen LogP) is 2.03. The summed E-state index contributed by atoms with van der Waals surface area (Å²) < 4.78 is 0. The van der Waals surface area contributed by atoms with Gasteiger partial charge in [0.25, 0.3) is 0 Å². The molecule has 1 saturated heterocycles. The van der Waals surface area contributed by atoms with Crippen LogP contribution in [0.3, 0.4) is 0 Å². The Kier molecular flexibility index (Phi) is 11.6. The van der Waals surface area contributed by atoms with Crippen molar-refractivity contribution < 1.29 is 14.4 Å². The molecule has 29 heavy (non-hydrogen) atoms. The zero-order chi connectivity index (χ0) is 21.8. The molecule has 0 saturated carbocycles. The van der Waals surface area contributed by atoms with E-state index in [0.29, 0.717) is 12.0 Å². The summed E-state index contributed by atoms with van der Waals surface area (Å²) in [5, 5.41) is 11.9. The van der Waals surface area contributed by atoms with Gasteiger partial charge >= 0.3 is 0 Å². The largest absolute Gasteiger partial charge is 0.351 e. The molecule has 4 N–H and O–H groups in total. The van der Waals surface area contributed by atoms with Crippen molar-refractivity contribution in [2.75, 3.05) is 13.1 Å². The third kappa shape index (κ3) is 9.43. The fourth-order valence-electron chi connectivity index (χ4n) is 3.28. The highest BCUT2D eigenvalue weighted by molar-refractivity contribution is 5.94. The van der Waals surface area contributed by atoms with Crippen LogP contribution in [0.15, 0.2) is 11.6 Å². The average Bonchev–Trinajstić information content (AvgIpc) is 2.68. The van der Waals surface area contributed by atoms with Crippen LogP contribution in [0.2, 0.25) is 0 Å². The van der Waals surface area contributed by atoms with Crippen LogP contribution in [-0.2, 0) is 14.4 Å². The van der Waals surface area contributed by atoms with E-state index in [2.05, 4.69) is 28.2 Å². The van der Waals surface area contributed by atoms with Gasteiger partial charge in [-0.3, -0.25) is 14.4 Å². The Morgan fingerprint density at radius 2 is 1.83 bits per heavy atom. The molecular weight excluding hydrogens is 368 g/mol. The molecule has 2 atom stereocenters. The van der Waals surface area contributed by atoms with Gasteiger partial charge in [0.1, 0.15) is 6.04 Å². The second-order valence-corrected chi connectivity index (χ2v) is 8.44. The van der Waals surface area contributed by atoms with Crippen molar-refractivity contribution in [2.24, 2.45) is 5.92 Å². The summed E-state index contributed by atoms with van der Waals surface area (Å²) in [7, 11) is 0. The molecule has 0 radical (unpaired) electrons. The third-order valence-electron chi connectivity index (χ3n) is 5.01. The van der Waals surface area contributed by atoms with Crippen LogP contribution in [0, 0.1) is 5.92 Å². The molecule has 1 fully saturated rings. The van der Waals surface area contributed by atoms with Crippen LogP contribution in [0.4, 0.5) is 0 Å². The van der Waals surface area contributed by atoms with Gasteiger partial charge in [-0.1, -0.05) is 39.7 Å². The molecule has 0 bridgehead atoms. The lowest BCUT2D eigenvalue weighted by molar-refractivity contribution is -0.131. The summed E-state index contributed by atoms with van der Waals surface area (Å²) in [6.07, 6.45) is 7.28. The lowest BCUT2D eigenvalue weighted by Crippen LogP contribution is -2.55. The van der Waals surface area contributed by atoms with Crippen molar-refractivity contribution in [3.63, 3.8) is 0 Å². The SMILES string of the molecule is CCCC/C(=C\CNC(=O)C(NC(=O)[C@H]1CCCCN1)C(C)C)C(=O)NC(C)C. The van der Waals surface area contributed by atoms with Crippen molar-refractivity contribution in [2.45, 2.75) is 91.3 Å². The molecule has 166 valence electrons. The highest BCUT2D eigenvalue weighted by atomic mass is 16.2. The minimum atomic E-state index is -0.594. The summed E-state index contributed by atoms with van der Waals surface area (Å²) in [6.45, 7) is 10.9. The Morgan fingerprint density at radius 3 is 2.38 bits per heavy atom. The monoisotopic (exact) mass is 408 g/mol. The Hall–Kier alpha value is -1.89. The Bertz CT molecular complexity index is 566. The van der Waals surface area contributed by atoms with Gasteiger partial charge < -0.3 is 21.3 Å². The number of carbonyl (C=O) groups is 3. The van der Waals surface area contributed by atoms with E-state index >= 15 is 0 Å². The summed E-state index contributed by atoms with van der Waals surface area (Å²) in [5.41, 5.74) is 0.692. The minimum absolute atomic E-state index is 0.0321. The summed E-state index contributed by atoms with van der Waals surface area (Å²) in [5.74, 6) is -0.455. The molecule has 1 rings (SSSR count). The zero-order valence-electron chi connectivity index (χ0n) is 18.8. The van der Waals surface area contributed by atoms with E-state index in [9.17, 15) is 14.4 Å². The van der Waals surface area contributed by atoms with E-state index in [1.807, 2.05) is 27.7 Å². The maximum absolute atomic E-state index is 12.7. The van der Waals surface area contributed by atoms with Crippen LogP contribution in [-0.4, -0.2) is 48.9 Å². The number of piperidine rings is 1. The van der Waals surface area contributed by atoms with Crippen molar-refractivity contribution in [3.8, 4) is 0 Å². The molecule has 1 aliphatic heterocycles. The molecule has 0 aromatic carbocycles. The number of carbonyl (C=O) groups excluding carboxylic acids is 3. The second-order valence-electron chi connectivity index (χ2n) is 8.44. The lowest BCUT2D eigenvalue weighted by atomic mass is 10.0. The standard InChI is InChI=1S/C22H40N4O3/c1-6-7-10-17(20(27)25-16(4)5)12-14-24-22(29)19(15(2)3)26-21(28)18-11-8-9-13-23-18/h12,15-16,18-19,23H,6-11,13-14H2,1-5H3,(H,24,29)(H,25,27)(H,26,28)/b17-12+/t18-,19?/m1/s1. The molecule has 7 heteroatoms. The van der Waals surface area contributed by atoms with Crippen LogP contribution in [0.25, 0.3) is 0 Å². The smallest absolute Gasteiger partial charge is 0.247 e. The van der Waals surface area contributed by atoms with Gasteiger partial charge in [-0.15, -0.1) is 0 Å². The fraction of sp³-hybridized carbons (Fsp3) is 0.773. The number of hydrogen-bond donors (Lipinski definition) is 4. The molecular formula is C22H40N4O3. The van der Waals surface area contributed by atoms with E-state index in [4.69, 9.17) is 0 Å². The van der Waals surface area contributed by atoms with Crippen LogP contribution >= 0.6 is 0 Å². The summed E-state index contributed by atoms with van der Waals surface area (Å²) in [4.78, 5) is 37.5. The van der Waals surface area contributed by atoms with Crippen LogP contribution in [0.5, 0.6) is 0 Å². The lowest BCUT2D eigenvalue weighted by Gasteiger charge is -2.27. The molecule has 3 amide bonds. The highest BCUT2D eigenvalue weighted by Gasteiger charge is 2.28. The molecule has 0 aromatic rings. The van der Waals surface area contributed by atoms with E-state index in [1.54, 1.807) is 6.08 Å². The maximum Gasteiger partial charge on any atom is 0.247 e. The van der Waals surface area contributed by atoms with Crippen molar-refractivity contribution >= 4 is 17.7 Å². The van der Waals surface area contributed by atoms with E-state index < -0.39 is 6.04 Å². The first kappa shape index (κ1) is 25.1. The van der Waals surface area contributed by atoms with Gasteiger partial charge in [0.15, 0.2) is 0 Å². The van der Waals surface area contributed by atoms with Gasteiger partial charge in [0.05, 0.1) is 6.04 Å². The van der Waals surface area contributed by atoms with Crippen LogP contribution in [0.1, 0.15) is 73.1 Å². The first-order chi connectivity index (χ1) is 13.8. The average molecular weight is 409 g/mol. The van der Waals surface area contributed by atoms with Gasteiger partial charge in [-0.05, 0) is 52.0 Å². The van der Waals surface area contributed by atoms with E-state index in [0.717, 1.165) is 38.6 Å². The zero-order valence-corrected chi connectivity index (χ0v) is 18.8. The summed E-state index contributed by atoms with van der Waals surface area (Å²) in [6, 6.07) is -0.752. The molecule has 1 heterocycles. The van der Waals surface area contributed by atoms with Gasteiger partial charge in [0.2, 0.25) is 17.7 Å². The van der Waals surface area contributed by atoms with E-state index in [-0.39, 0.29) is 42.3 Å². The molecule has 0 aliphatic carbocycles. The normalized spacial score (nSPS) is 18.4. The predicted molar refractivity (Wildman–Crippen MR) is 116 cm³/mol. The number of rotatable bonds is 11. The molecule has 0 aromatic heterocycles. The summed E-state index contributed by atoms with van der Waals surface area (Å²) >= 11 is 0. The minimum Gasteiger partial charge on any atom is -0.351 e. The Labute approximate surface area is 175 Å². The Morgan fingerprint density at radius 1 is 1.10 bits per heavy atom. The van der Waals surface area contributed by atoms with Gasteiger partial charge in [0, 0.05) is 18.2 Å². The van der Waals surface area contributed by atoms with Crippen molar-refractivity contribution in [1.29, 1.82) is 0 Å². The topological polar surface area (TPSA) is 99.3 Å². The quantitative estimate of drug-likeness (QED) is 0.393. The van der Waals surface area contributed by atoms with Crippen molar-refractivity contribution in [3.05, 3.63) is 11.6 Å². The van der Waals surface area contributed by atoms with Gasteiger partial charge in [-0.25, -0.2) is 0 Å². The molecule has 1 aliphatic rings. The maximum atomic E-state index is 12.7. The first-order valence-electron chi connectivity index (χ1n) is 11.1. The number of unbranched alkanes of at least 4 members (excludes halogenated alkanes) is 1. The second kappa shape index (κ2) is 13.4. The van der Waals surface area contributed by atoms with Crippen LogP contribution < -0.4 is 21.3 Å². The number of nitrogens with one attached hydrogen (secondary N) is 4. The molecule has 7 nitrogen and oxygen atoms in total. The molecule has 1 unspecified atom stereocenters. The Balaban J connectivity index is 2.66. The van der Waals surface area contributed by atoms with Gasteiger partial charge in [-0.2, -0.15) is 0 Å². The number of hydrogen-bond acceptors (Lipinski definition) is 4. The third-order valence-corrected chi connectivity index (χ3v) is 5.01. The fourth-order valence-corrected chi connectivity index (χ4v) is 3.28. The molecule has 0 spiro atoms. The first-order valence-corrected chi connectivity index (χ1v) is 11.1. The highest BCUT2D eigenvalue weighted by Crippen LogP contribution is 2.10.